The van der Waals surface area contributed by atoms with Crippen LogP contribution in [0.25, 0.3) is 11.4 Å². The van der Waals surface area contributed by atoms with Crippen LogP contribution >= 0.6 is 0 Å². The molecule has 0 saturated heterocycles. The number of hydrazine groups is 1. The lowest BCUT2D eigenvalue weighted by atomic mass is 9.82. The van der Waals surface area contributed by atoms with Crippen molar-refractivity contribution in [3.05, 3.63) is 36.4 Å². The highest BCUT2D eigenvalue weighted by Gasteiger charge is 2.25. The Morgan fingerprint density at radius 1 is 1.10 bits per heavy atom. The van der Waals surface area contributed by atoms with E-state index in [9.17, 15) is 0 Å². The van der Waals surface area contributed by atoms with Crippen molar-refractivity contribution in [2.24, 2.45) is 11.8 Å². The van der Waals surface area contributed by atoms with Gasteiger partial charge in [-0.1, -0.05) is 37.3 Å². The number of nitrogen functional groups attached to an aromatic ring is 1. The molecule has 1 saturated carbocycles. The van der Waals surface area contributed by atoms with Crippen LogP contribution in [0.3, 0.4) is 0 Å². The standard InChI is InChI=1S/C15H19N5/c1-10-7-12(8-10)17-13-9-14(20-16)19-15(18-13)11-5-3-2-4-6-11/h2-6,9-10,12H,7-8,16H2,1H3,(H2,17,18,19,20). The van der Waals surface area contributed by atoms with Gasteiger partial charge in [-0.05, 0) is 18.8 Å². The topological polar surface area (TPSA) is 75.9 Å². The van der Waals surface area contributed by atoms with Crippen LogP contribution in [0.15, 0.2) is 36.4 Å². The van der Waals surface area contributed by atoms with Crippen molar-refractivity contribution in [2.45, 2.75) is 25.8 Å². The average molecular weight is 269 g/mol. The summed E-state index contributed by atoms with van der Waals surface area (Å²) in [5, 5.41) is 3.45. The van der Waals surface area contributed by atoms with Crippen molar-refractivity contribution >= 4 is 11.6 Å². The van der Waals surface area contributed by atoms with E-state index in [1.807, 2.05) is 36.4 Å². The molecule has 1 heterocycles. The third kappa shape index (κ3) is 2.72. The van der Waals surface area contributed by atoms with E-state index in [0.717, 1.165) is 17.3 Å². The Kier molecular flexibility index (Phi) is 3.52. The van der Waals surface area contributed by atoms with Crippen molar-refractivity contribution in [3.63, 3.8) is 0 Å². The number of nitrogens with two attached hydrogens (primary N) is 1. The minimum atomic E-state index is 0.508. The van der Waals surface area contributed by atoms with Crippen LogP contribution in [0.5, 0.6) is 0 Å². The van der Waals surface area contributed by atoms with Gasteiger partial charge in [-0.15, -0.1) is 0 Å². The predicted octanol–water partition coefficient (Wildman–Crippen LogP) is 2.64. The molecule has 0 unspecified atom stereocenters. The maximum Gasteiger partial charge on any atom is 0.163 e. The summed E-state index contributed by atoms with van der Waals surface area (Å²) in [7, 11) is 0. The molecule has 3 rings (SSSR count). The Labute approximate surface area is 118 Å². The summed E-state index contributed by atoms with van der Waals surface area (Å²) < 4.78 is 0. The monoisotopic (exact) mass is 269 g/mol. The number of anilines is 2. The van der Waals surface area contributed by atoms with Crippen molar-refractivity contribution < 1.29 is 0 Å². The van der Waals surface area contributed by atoms with Gasteiger partial charge in [-0.3, -0.25) is 0 Å². The van der Waals surface area contributed by atoms with E-state index in [4.69, 9.17) is 5.84 Å². The van der Waals surface area contributed by atoms with Crippen LogP contribution in [-0.4, -0.2) is 16.0 Å². The van der Waals surface area contributed by atoms with E-state index in [-0.39, 0.29) is 0 Å². The zero-order valence-electron chi connectivity index (χ0n) is 11.5. The van der Waals surface area contributed by atoms with Gasteiger partial charge in [0.25, 0.3) is 0 Å². The van der Waals surface area contributed by atoms with Crippen molar-refractivity contribution in [1.82, 2.24) is 9.97 Å². The molecule has 0 radical (unpaired) electrons. The molecule has 4 N–H and O–H groups in total. The van der Waals surface area contributed by atoms with Gasteiger partial charge in [0.05, 0.1) is 0 Å². The molecule has 1 fully saturated rings. The summed E-state index contributed by atoms with van der Waals surface area (Å²) in [6.45, 7) is 2.26. The number of nitrogens with one attached hydrogen (secondary N) is 2. The molecule has 1 aliphatic carbocycles. The normalized spacial score (nSPS) is 21.1. The van der Waals surface area contributed by atoms with Gasteiger partial charge in [0, 0.05) is 17.7 Å². The number of rotatable bonds is 4. The molecule has 0 bridgehead atoms. The summed E-state index contributed by atoms with van der Waals surface area (Å²) in [6.07, 6.45) is 2.38. The second-order valence-electron chi connectivity index (χ2n) is 5.39. The van der Waals surface area contributed by atoms with E-state index in [1.54, 1.807) is 0 Å². The molecule has 1 aliphatic rings. The fourth-order valence-electron chi connectivity index (χ4n) is 2.54. The molecule has 2 aromatic rings. The Balaban J connectivity index is 1.87. The van der Waals surface area contributed by atoms with Gasteiger partial charge in [-0.25, -0.2) is 15.8 Å². The van der Waals surface area contributed by atoms with Gasteiger partial charge in [-0.2, -0.15) is 0 Å². The molecular weight excluding hydrogens is 250 g/mol. The van der Waals surface area contributed by atoms with E-state index in [1.165, 1.54) is 12.8 Å². The maximum absolute atomic E-state index is 5.50. The zero-order chi connectivity index (χ0) is 13.9. The number of hydrogen-bond acceptors (Lipinski definition) is 5. The lowest BCUT2D eigenvalue weighted by Crippen LogP contribution is -2.34. The third-order valence-corrected chi connectivity index (χ3v) is 3.63. The van der Waals surface area contributed by atoms with Crippen LogP contribution in [-0.2, 0) is 0 Å². The highest BCUT2D eigenvalue weighted by atomic mass is 15.3. The molecule has 0 atom stereocenters. The molecule has 0 aliphatic heterocycles. The predicted molar refractivity (Wildman–Crippen MR) is 81.1 cm³/mol. The quantitative estimate of drug-likeness (QED) is 0.587. The number of hydrogen-bond donors (Lipinski definition) is 3. The van der Waals surface area contributed by atoms with Gasteiger partial charge in [0.1, 0.15) is 11.6 Å². The molecule has 1 aromatic carbocycles. The van der Waals surface area contributed by atoms with Crippen molar-refractivity contribution in [1.29, 1.82) is 0 Å². The molecule has 1 aromatic heterocycles. The van der Waals surface area contributed by atoms with E-state index < -0.39 is 0 Å². The van der Waals surface area contributed by atoms with Gasteiger partial charge in [0.15, 0.2) is 5.82 Å². The largest absolute Gasteiger partial charge is 0.367 e. The molecular formula is C15H19N5. The maximum atomic E-state index is 5.50. The SMILES string of the molecule is CC1CC(Nc2cc(NN)nc(-c3ccccc3)n2)C1. The minimum absolute atomic E-state index is 0.508. The number of nitrogens with zero attached hydrogens (tertiary/aromatic N) is 2. The number of aromatic nitrogens is 2. The first-order chi connectivity index (χ1) is 9.74. The highest BCUT2D eigenvalue weighted by molar-refractivity contribution is 5.61. The van der Waals surface area contributed by atoms with Crippen molar-refractivity contribution in [2.75, 3.05) is 10.7 Å². The number of benzene rings is 1. The molecule has 0 spiro atoms. The van der Waals surface area contributed by atoms with E-state index in [2.05, 4.69) is 27.6 Å². The fourth-order valence-corrected chi connectivity index (χ4v) is 2.54. The summed E-state index contributed by atoms with van der Waals surface area (Å²) in [5.74, 6) is 8.42. The Morgan fingerprint density at radius 3 is 2.45 bits per heavy atom. The first kappa shape index (κ1) is 12.9. The first-order valence-electron chi connectivity index (χ1n) is 6.92. The summed E-state index contributed by atoms with van der Waals surface area (Å²) in [5.41, 5.74) is 3.59. The van der Waals surface area contributed by atoms with Crippen LogP contribution in [0.2, 0.25) is 0 Å². The highest BCUT2D eigenvalue weighted by Crippen LogP contribution is 2.30. The van der Waals surface area contributed by atoms with E-state index >= 15 is 0 Å². The summed E-state index contributed by atoms with van der Waals surface area (Å²) >= 11 is 0. The average Bonchev–Trinajstić information content (AvgIpc) is 2.46. The second kappa shape index (κ2) is 5.46. The lowest BCUT2D eigenvalue weighted by Gasteiger charge is -2.33. The van der Waals surface area contributed by atoms with Gasteiger partial charge < -0.3 is 10.7 Å². The Bertz CT molecular complexity index is 578. The smallest absolute Gasteiger partial charge is 0.163 e. The van der Waals surface area contributed by atoms with Crippen LogP contribution < -0.4 is 16.6 Å². The first-order valence-corrected chi connectivity index (χ1v) is 6.92. The van der Waals surface area contributed by atoms with Crippen LogP contribution in [0.4, 0.5) is 11.6 Å². The van der Waals surface area contributed by atoms with Gasteiger partial charge >= 0.3 is 0 Å². The molecule has 5 nitrogen and oxygen atoms in total. The third-order valence-electron chi connectivity index (χ3n) is 3.63. The minimum Gasteiger partial charge on any atom is -0.367 e. The second-order valence-corrected chi connectivity index (χ2v) is 5.39. The van der Waals surface area contributed by atoms with Crippen LogP contribution in [0.1, 0.15) is 19.8 Å². The zero-order valence-corrected chi connectivity index (χ0v) is 11.5. The molecule has 104 valence electrons. The summed E-state index contributed by atoms with van der Waals surface area (Å²) in [4.78, 5) is 8.98. The van der Waals surface area contributed by atoms with Crippen molar-refractivity contribution in [3.8, 4) is 11.4 Å². The van der Waals surface area contributed by atoms with Crippen LogP contribution in [0, 0.1) is 5.92 Å². The Morgan fingerprint density at radius 2 is 1.80 bits per heavy atom. The Hall–Kier alpha value is -2.14. The summed E-state index contributed by atoms with van der Waals surface area (Å²) in [6, 6.07) is 12.3. The van der Waals surface area contributed by atoms with E-state index in [0.29, 0.717) is 17.7 Å². The lowest BCUT2D eigenvalue weighted by molar-refractivity contribution is 0.308. The fraction of sp³-hybridized carbons (Fsp3) is 0.333. The van der Waals surface area contributed by atoms with Gasteiger partial charge in [0.2, 0.25) is 0 Å². The molecule has 20 heavy (non-hydrogen) atoms. The molecule has 0 amide bonds. The molecule has 5 heteroatoms.